The Labute approximate surface area is 98.0 Å². The quantitative estimate of drug-likeness (QED) is 0.607. The summed E-state index contributed by atoms with van der Waals surface area (Å²) in [5.41, 5.74) is 7.41. The molecule has 2 nitrogen and oxygen atoms in total. The number of hydrogen-bond acceptors (Lipinski definition) is 2. The Morgan fingerprint density at radius 3 is 2.88 bits per heavy atom. The summed E-state index contributed by atoms with van der Waals surface area (Å²) in [6, 6.07) is 6.78. The monoisotopic (exact) mass is 219 g/mol. The zero-order chi connectivity index (χ0) is 11.4. The van der Waals surface area contributed by atoms with Crippen LogP contribution in [0.5, 0.6) is 0 Å². The van der Waals surface area contributed by atoms with Crippen molar-refractivity contribution in [3.05, 3.63) is 34.9 Å². The molecule has 0 atom stereocenters. The molecule has 0 aromatic heterocycles. The predicted octanol–water partition coefficient (Wildman–Crippen LogP) is 2.85. The van der Waals surface area contributed by atoms with Crippen LogP contribution >= 0.6 is 0 Å². The molecule has 0 fully saturated rings. The summed E-state index contributed by atoms with van der Waals surface area (Å²) in [4.78, 5) is 5.37. The fourth-order valence-electron chi connectivity index (χ4n) is 2.10. The van der Waals surface area contributed by atoms with Crippen molar-refractivity contribution in [3.63, 3.8) is 0 Å². The lowest BCUT2D eigenvalue weighted by atomic mass is 10.1. The van der Waals surface area contributed by atoms with E-state index in [2.05, 4.69) is 37.5 Å². The van der Waals surface area contributed by atoms with Crippen molar-refractivity contribution in [3.8, 4) is 0 Å². The third-order valence-corrected chi connectivity index (χ3v) is 2.96. The molecule has 0 amide bonds. The summed E-state index contributed by atoms with van der Waals surface area (Å²) in [6.45, 7) is 5.87. The molecule has 1 aliphatic rings. The number of benzene rings is 1. The molecule has 1 N–H and O–H groups in total. The summed E-state index contributed by atoms with van der Waals surface area (Å²) >= 11 is 0. The highest BCUT2D eigenvalue weighted by atomic mass is 16.6. The van der Waals surface area contributed by atoms with Crippen molar-refractivity contribution in [2.24, 2.45) is 5.92 Å². The van der Waals surface area contributed by atoms with E-state index in [1.807, 2.05) is 0 Å². The first-order valence-electron chi connectivity index (χ1n) is 6.21. The van der Waals surface area contributed by atoms with Crippen LogP contribution in [-0.4, -0.2) is 6.61 Å². The number of nitrogens with one attached hydrogen (secondary N) is 1. The Morgan fingerprint density at radius 2 is 2.06 bits per heavy atom. The molecule has 0 heterocycles. The molecule has 16 heavy (non-hydrogen) atoms. The van der Waals surface area contributed by atoms with Crippen molar-refractivity contribution in [2.45, 2.75) is 39.7 Å². The number of fused-ring (bicyclic) bond motifs is 1. The Hall–Kier alpha value is -0.860. The van der Waals surface area contributed by atoms with Gasteiger partial charge in [0.15, 0.2) is 0 Å². The zero-order valence-corrected chi connectivity index (χ0v) is 10.3. The second-order valence-corrected chi connectivity index (χ2v) is 4.98. The van der Waals surface area contributed by atoms with Crippen LogP contribution < -0.4 is 5.48 Å². The average molecular weight is 219 g/mol. The van der Waals surface area contributed by atoms with Crippen molar-refractivity contribution >= 4 is 0 Å². The maximum absolute atomic E-state index is 5.37. The second-order valence-electron chi connectivity index (χ2n) is 4.98. The van der Waals surface area contributed by atoms with E-state index in [9.17, 15) is 0 Å². The van der Waals surface area contributed by atoms with Crippen LogP contribution in [0, 0.1) is 5.92 Å². The van der Waals surface area contributed by atoms with Gasteiger partial charge in [-0.3, -0.25) is 0 Å². The van der Waals surface area contributed by atoms with E-state index in [1.54, 1.807) is 0 Å². The van der Waals surface area contributed by atoms with Gasteiger partial charge in [0.2, 0.25) is 0 Å². The normalized spacial score (nSPS) is 14.4. The van der Waals surface area contributed by atoms with Gasteiger partial charge in [-0.25, -0.2) is 0 Å². The van der Waals surface area contributed by atoms with Gasteiger partial charge in [-0.2, -0.15) is 5.48 Å². The topological polar surface area (TPSA) is 21.3 Å². The first-order valence-corrected chi connectivity index (χ1v) is 6.21. The lowest BCUT2D eigenvalue weighted by Crippen LogP contribution is -2.17. The summed E-state index contributed by atoms with van der Waals surface area (Å²) in [5.74, 6) is 0.576. The lowest BCUT2D eigenvalue weighted by molar-refractivity contribution is 0.0196. The molecule has 0 saturated heterocycles. The molecule has 1 aromatic rings. The summed E-state index contributed by atoms with van der Waals surface area (Å²) in [7, 11) is 0. The molecule has 0 aliphatic heterocycles. The van der Waals surface area contributed by atoms with Gasteiger partial charge in [0, 0.05) is 6.54 Å². The zero-order valence-electron chi connectivity index (χ0n) is 10.3. The van der Waals surface area contributed by atoms with E-state index in [1.165, 1.54) is 36.0 Å². The molecule has 1 aromatic carbocycles. The van der Waals surface area contributed by atoms with Gasteiger partial charge in [0.1, 0.15) is 0 Å². The van der Waals surface area contributed by atoms with E-state index in [0.29, 0.717) is 5.92 Å². The van der Waals surface area contributed by atoms with Crippen LogP contribution in [0.3, 0.4) is 0 Å². The molecule has 2 heteroatoms. The molecule has 1 aliphatic carbocycles. The first kappa shape index (κ1) is 11.6. The molecule has 2 rings (SSSR count). The third kappa shape index (κ3) is 3.06. The van der Waals surface area contributed by atoms with E-state index in [4.69, 9.17) is 4.84 Å². The molecule has 0 spiro atoms. The Bertz CT molecular complexity index is 347. The van der Waals surface area contributed by atoms with E-state index >= 15 is 0 Å². The fourth-order valence-corrected chi connectivity index (χ4v) is 2.10. The van der Waals surface area contributed by atoms with Crippen LogP contribution in [0.1, 0.15) is 37.0 Å². The Morgan fingerprint density at radius 1 is 1.25 bits per heavy atom. The van der Waals surface area contributed by atoms with E-state index < -0.39 is 0 Å². The van der Waals surface area contributed by atoms with Crippen molar-refractivity contribution < 1.29 is 4.84 Å². The van der Waals surface area contributed by atoms with Gasteiger partial charge in [0.25, 0.3) is 0 Å². The molecular formula is C14H21NO. The number of hydrogen-bond donors (Lipinski definition) is 1. The first-order chi connectivity index (χ1) is 7.75. The van der Waals surface area contributed by atoms with Gasteiger partial charge in [-0.05, 0) is 41.9 Å². The van der Waals surface area contributed by atoms with Gasteiger partial charge in [-0.1, -0.05) is 32.0 Å². The third-order valence-electron chi connectivity index (χ3n) is 2.96. The standard InChI is InChI=1S/C14H21NO/c1-11(2)10-16-15-9-12-6-7-13-4-3-5-14(13)8-12/h6-8,11,15H,3-5,9-10H2,1-2H3. The predicted molar refractivity (Wildman–Crippen MR) is 66.1 cm³/mol. The van der Waals surface area contributed by atoms with Crippen LogP contribution in [0.25, 0.3) is 0 Å². The minimum atomic E-state index is 0.576. The molecule has 0 saturated carbocycles. The minimum absolute atomic E-state index is 0.576. The molecule has 0 bridgehead atoms. The maximum atomic E-state index is 5.37. The average Bonchev–Trinajstić information content (AvgIpc) is 2.71. The smallest absolute Gasteiger partial charge is 0.0705 e. The van der Waals surface area contributed by atoms with Gasteiger partial charge < -0.3 is 4.84 Å². The van der Waals surface area contributed by atoms with Gasteiger partial charge in [0.05, 0.1) is 6.61 Å². The molecular weight excluding hydrogens is 198 g/mol. The number of aryl methyl sites for hydroxylation is 2. The molecule has 0 radical (unpaired) electrons. The van der Waals surface area contributed by atoms with E-state index in [-0.39, 0.29) is 0 Å². The lowest BCUT2D eigenvalue weighted by Gasteiger charge is -2.09. The van der Waals surface area contributed by atoms with Crippen molar-refractivity contribution in [1.82, 2.24) is 5.48 Å². The summed E-state index contributed by atoms with van der Waals surface area (Å²) in [5, 5.41) is 0. The highest BCUT2D eigenvalue weighted by molar-refractivity contribution is 5.35. The Kier molecular flexibility index (Phi) is 3.97. The van der Waals surface area contributed by atoms with Gasteiger partial charge >= 0.3 is 0 Å². The number of rotatable bonds is 5. The van der Waals surface area contributed by atoms with Gasteiger partial charge in [-0.15, -0.1) is 0 Å². The van der Waals surface area contributed by atoms with Crippen LogP contribution in [0.15, 0.2) is 18.2 Å². The Balaban J connectivity index is 1.81. The fraction of sp³-hybridized carbons (Fsp3) is 0.571. The second kappa shape index (κ2) is 5.46. The van der Waals surface area contributed by atoms with Crippen LogP contribution in [0.2, 0.25) is 0 Å². The minimum Gasteiger partial charge on any atom is -0.301 e. The summed E-state index contributed by atoms with van der Waals surface area (Å²) in [6.07, 6.45) is 3.82. The largest absolute Gasteiger partial charge is 0.301 e. The summed E-state index contributed by atoms with van der Waals surface area (Å²) < 4.78 is 0. The number of hydroxylamine groups is 1. The van der Waals surface area contributed by atoms with Crippen molar-refractivity contribution in [1.29, 1.82) is 0 Å². The van der Waals surface area contributed by atoms with Crippen LogP contribution in [-0.2, 0) is 24.2 Å². The highest BCUT2D eigenvalue weighted by Crippen LogP contribution is 2.22. The highest BCUT2D eigenvalue weighted by Gasteiger charge is 2.10. The SMILES string of the molecule is CC(C)CONCc1ccc2c(c1)CCC2. The van der Waals surface area contributed by atoms with Crippen LogP contribution in [0.4, 0.5) is 0 Å². The molecule has 88 valence electrons. The van der Waals surface area contributed by atoms with Crippen molar-refractivity contribution in [2.75, 3.05) is 6.61 Å². The maximum Gasteiger partial charge on any atom is 0.0705 e. The van der Waals surface area contributed by atoms with E-state index in [0.717, 1.165) is 13.2 Å². The molecule has 0 unspecified atom stereocenters.